The van der Waals surface area contributed by atoms with Crippen LogP contribution in [0.1, 0.15) is 11.4 Å². The van der Waals surface area contributed by atoms with Crippen molar-refractivity contribution in [3.05, 3.63) is 29.6 Å². The number of halogens is 5. The van der Waals surface area contributed by atoms with Crippen LogP contribution in [-0.4, -0.2) is 15.7 Å². The largest absolute Gasteiger partial charge is 0.461 e. The van der Waals surface area contributed by atoms with Gasteiger partial charge in [-0.2, -0.15) is 27.2 Å². The minimum atomic E-state index is -5.74. The van der Waals surface area contributed by atoms with Crippen LogP contribution in [0.25, 0.3) is 11.0 Å². The van der Waals surface area contributed by atoms with Gasteiger partial charge in [-0.25, -0.2) is 4.98 Å². The standard InChI is InChI=1S/C11H6F5N3/c1-19-7-4-2-3-6(5-17)8(7)18-9(19)10(12,13)11(14,15)16/h2-4H,1H3. The van der Waals surface area contributed by atoms with Crippen molar-refractivity contribution < 1.29 is 22.0 Å². The van der Waals surface area contributed by atoms with Crippen LogP contribution in [0.2, 0.25) is 0 Å². The number of aromatic nitrogens is 2. The van der Waals surface area contributed by atoms with Gasteiger partial charge in [0, 0.05) is 7.05 Å². The molecule has 0 aliphatic heterocycles. The van der Waals surface area contributed by atoms with Gasteiger partial charge in [-0.3, -0.25) is 0 Å². The Balaban J connectivity index is 2.78. The molecule has 2 rings (SSSR count). The second-order valence-corrected chi connectivity index (χ2v) is 3.85. The number of fused-ring (bicyclic) bond motifs is 1. The van der Waals surface area contributed by atoms with Crippen LogP contribution < -0.4 is 0 Å². The number of hydrogen-bond donors (Lipinski definition) is 0. The van der Waals surface area contributed by atoms with E-state index < -0.39 is 17.9 Å². The second kappa shape index (κ2) is 3.91. The van der Waals surface area contributed by atoms with E-state index in [0.29, 0.717) is 4.57 Å². The van der Waals surface area contributed by atoms with E-state index in [-0.39, 0.29) is 16.6 Å². The molecule has 8 heteroatoms. The number of alkyl halides is 5. The smallest absolute Gasteiger partial charge is 0.326 e. The fraction of sp³-hybridized carbons (Fsp3) is 0.273. The number of imidazole rings is 1. The number of benzene rings is 1. The Morgan fingerprint density at radius 2 is 1.84 bits per heavy atom. The number of nitrogens with zero attached hydrogens (tertiary/aromatic N) is 3. The molecule has 1 aromatic carbocycles. The van der Waals surface area contributed by atoms with Crippen LogP contribution >= 0.6 is 0 Å². The molecule has 2 aromatic rings. The van der Waals surface area contributed by atoms with E-state index in [4.69, 9.17) is 5.26 Å². The third-order valence-corrected chi connectivity index (χ3v) is 2.67. The molecule has 100 valence electrons. The van der Waals surface area contributed by atoms with Crippen LogP contribution in [0.15, 0.2) is 18.2 Å². The molecule has 1 aromatic heterocycles. The lowest BCUT2D eigenvalue weighted by Crippen LogP contribution is -2.36. The van der Waals surface area contributed by atoms with E-state index in [9.17, 15) is 22.0 Å². The number of nitriles is 1. The Kier molecular flexibility index (Phi) is 2.73. The Hall–Kier alpha value is -2.17. The molecule has 0 amide bonds. The van der Waals surface area contributed by atoms with Crippen molar-refractivity contribution in [2.24, 2.45) is 7.05 Å². The van der Waals surface area contributed by atoms with Crippen molar-refractivity contribution in [2.45, 2.75) is 12.1 Å². The maximum atomic E-state index is 13.3. The molecule has 0 aliphatic rings. The SMILES string of the molecule is Cn1c(C(F)(F)C(F)(F)F)nc2c(C#N)cccc21. The summed E-state index contributed by atoms with van der Waals surface area (Å²) in [5.74, 6) is -6.51. The van der Waals surface area contributed by atoms with Crippen LogP contribution in [-0.2, 0) is 13.0 Å². The molecule has 0 saturated heterocycles. The summed E-state index contributed by atoms with van der Waals surface area (Å²) < 4.78 is 64.3. The van der Waals surface area contributed by atoms with E-state index in [2.05, 4.69) is 4.98 Å². The summed E-state index contributed by atoms with van der Waals surface area (Å²) in [4.78, 5) is 3.29. The van der Waals surface area contributed by atoms with Crippen LogP contribution in [0.5, 0.6) is 0 Å². The normalized spacial score (nSPS) is 12.7. The van der Waals surface area contributed by atoms with Crippen LogP contribution in [0.4, 0.5) is 22.0 Å². The molecule has 0 saturated carbocycles. The Morgan fingerprint density at radius 1 is 1.21 bits per heavy atom. The Morgan fingerprint density at radius 3 is 2.37 bits per heavy atom. The molecule has 19 heavy (non-hydrogen) atoms. The lowest BCUT2D eigenvalue weighted by atomic mass is 10.2. The Bertz CT molecular complexity index is 678. The van der Waals surface area contributed by atoms with E-state index >= 15 is 0 Å². The first-order valence-electron chi connectivity index (χ1n) is 5.00. The van der Waals surface area contributed by atoms with Gasteiger partial charge >= 0.3 is 12.1 Å². The van der Waals surface area contributed by atoms with Gasteiger partial charge in [0.05, 0.1) is 11.1 Å². The molecule has 0 N–H and O–H groups in total. The highest BCUT2D eigenvalue weighted by Crippen LogP contribution is 2.44. The summed E-state index contributed by atoms with van der Waals surface area (Å²) in [7, 11) is 1.05. The lowest BCUT2D eigenvalue weighted by Gasteiger charge is -2.18. The summed E-state index contributed by atoms with van der Waals surface area (Å²) >= 11 is 0. The summed E-state index contributed by atoms with van der Waals surface area (Å²) in [5, 5.41) is 8.79. The third-order valence-electron chi connectivity index (χ3n) is 2.67. The summed E-state index contributed by atoms with van der Waals surface area (Å²) in [6.45, 7) is 0. The number of aryl methyl sites for hydroxylation is 1. The van der Waals surface area contributed by atoms with Crippen molar-refractivity contribution in [2.75, 3.05) is 0 Å². The molecule has 0 radical (unpaired) electrons. The zero-order valence-electron chi connectivity index (χ0n) is 9.46. The van der Waals surface area contributed by atoms with Crippen molar-refractivity contribution in [1.29, 1.82) is 5.26 Å². The van der Waals surface area contributed by atoms with Gasteiger partial charge in [0.1, 0.15) is 11.6 Å². The monoisotopic (exact) mass is 275 g/mol. The average molecular weight is 275 g/mol. The zero-order valence-corrected chi connectivity index (χ0v) is 9.46. The molecule has 3 nitrogen and oxygen atoms in total. The zero-order chi connectivity index (χ0) is 14.4. The minimum Gasteiger partial charge on any atom is -0.326 e. The van der Waals surface area contributed by atoms with Gasteiger partial charge in [-0.05, 0) is 12.1 Å². The second-order valence-electron chi connectivity index (χ2n) is 3.85. The van der Waals surface area contributed by atoms with E-state index in [1.807, 2.05) is 0 Å². The first kappa shape index (κ1) is 13.3. The fourth-order valence-corrected chi connectivity index (χ4v) is 1.71. The van der Waals surface area contributed by atoms with Gasteiger partial charge < -0.3 is 4.57 Å². The van der Waals surface area contributed by atoms with Gasteiger partial charge in [0.2, 0.25) is 0 Å². The average Bonchev–Trinajstić information content (AvgIpc) is 2.66. The van der Waals surface area contributed by atoms with Gasteiger partial charge in [0.25, 0.3) is 0 Å². The number of rotatable bonds is 1. The maximum Gasteiger partial charge on any atom is 0.461 e. The summed E-state index contributed by atoms with van der Waals surface area (Å²) in [5.41, 5.74) is -0.193. The number of hydrogen-bond acceptors (Lipinski definition) is 2. The fourth-order valence-electron chi connectivity index (χ4n) is 1.71. The maximum absolute atomic E-state index is 13.3. The topological polar surface area (TPSA) is 41.6 Å². The molecule has 0 unspecified atom stereocenters. The molecule has 0 aliphatic carbocycles. The van der Waals surface area contributed by atoms with E-state index in [1.165, 1.54) is 18.2 Å². The van der Waals surface area contributed by atoms with Crippen molar-refractivity contribution in [1.82, 2.24) is 9.55 Å². The van der Waals surface area contributed by atoms with Crippen molar-refractivity contribution in [3.63, 3.8) is 0 Å². The molecule has 0 bridgehead atoms. The molecule has 0 spiro atoms. The predicted octanol–water partition coefficient (Wildman–Crippen LogP) is 3.10. The van der Waals surface area contributed by atoms with Crippen molar-refractivity contribution >= 4 is 11.0 Å². The summed E-state index contributed by atoms with van der Waals surface area (Å²) in [6, 6.07) is 5.70. The number of para-hydroxylation sites is 1. The first-order chi connectivity index (χ1) is 8.70. The minimum absolute atomic E-state index is 0.0398. The van der Waals surface area contributed by atoms with Crippen LogP contribution in [0, 0.1) is 11.3 Å². The first-order valence-corrected chi connectivity index (χ1v) is 5.00. The molecule has 0 atom stereocenters. The van der Waals surface area contributed by atoms with Crippen LogP contribution in [0.3, 0.4) is 0 Å². The highest BCUT2D eigenvalue weighted by atomic mass is 19.4. The lowest BCUT2D eigenvalue weighted by molar-refractivity contribution is -0.293. The van der Waals surface area contributed by atoms with Gasteiger partial charge in [0.15, 0.2) is 5.82 Å². The Labute approximate surface area is 103 Å². The third kappa shape index (κ3) is 1.82. The van der Waals surface area contributed by atoms with Crippen molar-refractivity contribution in [3.8, 4) is 6.07 Å². The predicted molar refractivity (Wildman–Crippen MR) is 55.4 cm³/mol. The molecule has 0 fully saturated rings. The van der Waals surface area contributed by atoms with E-state index in [0.717, 1.165) is 7.05 Å². The molecule has 1 heterocycles. The highest BCUT2D eigenvalue weighted by Gasteiger charge is 2.61. The molecular weight excluding hydrogens is 269 g/mol. The van der Waals surface area contributed by atoms with Gasteiger partial charge in [-0.15, -0.1) is 0 Å². The van der Waals surface area contributed by atoms with Gasteiger partial charge in [-0.1, -0.05) is 6.07 Å². The quantitative estimate of drug-likeness (QED) is 0.750. The summed E-state index contributed by atoms with van der Waals surface area (Å²) in [6.07, 6.45) is -5.74. The highest BCUT2D eigenvalue weighted by molar-refractivity contribution is 5.82. The molecular formula is C11H6F5N3. The van der Waals surface area contributed by atoms with E-state index in [1.54, 1.807) is 6.07 Å².